The molecule has 0 bridgehead atoms. The lowest BCUT2D eigenvalue weighted by atomic mass is 10.2. The molecule has 0 atom stereocenters. The number of amides is 2. The first-order chi connectivity index (χ1) is 12.3. The summed E-state index contributed by atoms with van der Waals surface area (Å²) in [4.78, 5) is 32.7. The Hall–Kier alpha value is -2.10. The van der Waals surface area contributed by atoms with Gasteiger partial charge in [0.25, 0.3) is 11.1 Å². The molecule has 1 aliphatic rings. The van der Waals surface area contributed by atoms with Crippen molar-refractivity contribution in [2.24, 2.45) is 0 Å². The number of benzene rings is 1. The highest BCUT2D eigenvalue weighted by molar-refractivity contribution is 9.10. The van der Waals surface area contributed by atoms with E-state index < -0.39 is 0 Å². The Bertz CT molecular complexity index is 920. The van der Waals surface area contributed by atoms with Gasteiger partial charge in [-0.15, -0.1) is 0 Å². The highest BCUT2D eigenvalue weighted by atomic mass is 79.9. The molecule has 2 aromatic rings. The molecule has 1 aromatic heterocycles. The molecule has 1 N–H and O–H groups in total. The molecule has 1 aliphatic heterocycles. The number of hydrogen-bond donors (Lipinski definition) is 1. The first-order valence-electron chi connectivity index (χ1n) is 7.18. The summed E-state index contributed by atoms with van der Waals surface area (Å²) in [5.41, 5.74) is 1.26. The lowest BCUT2D eigenvalue weighted by Crippen LogP contribution is -2.22. The van der Waals surface area contributed by atoms with Crippen molar-refractivity contribution in [2.75, 3.05) is 7.05 Å². The van der Waals surface area contributed by atoms with E-state index in [0.29, 0.717) is 20.5 Å². The lowest BCUT2D eigenvalue weighted by molar-refractivity contribution is -0.121. The number of phenols is 1. The molecule has 2 heterocycles. The Morgan fingerprint density at radius 2 is 2.04 bits per heavy atom. The molecule has 0 unspecified atom stereocenters. The van der Waals surface area contributed by atoms with Crippen LogP contribution in [0.3, 0.4) is 0 Å². The van der Waals surface area contributed by atoms with Gasteiger partial charge >= 0.3 is 0 Å². The van der Waals surface area contributed by atoms with Crippen LogP contribution in [-0.4, -0.2) is 38.2 Å². The molecule has 1 fully saturated rings. The van der Waals surface area contributed by atoms with E-state index in [4.69, 9.17) is 16.3 Å². The van der Waals surface area contributed by atoms with E-state index in [1.165, 1.54) is 25.5 Å². The van der Waals surface area contributed by atoms with Crippen LogP contribution in [-0.2, 0) is 11.4 Å². The van der Waals surface area contributed by atoms with Gasteiger partial charge in [-0.3, -0.25) is 14.5 Å². The van der Waals surface area contributed by atoms with Crippen molar-refractivity contribution in [1.82, 2.24) is 14.9 Å². The van der Waals surface area contributed by atoms with Crippen molar-refractivity contribution in [3.05, 3.63) is 50.3 Å². The Kier molecular flexibility index (Phi) is 5.49. The van der Waals surface area contributed by atoms with Crippen LogP contribution in [0.15, 0.2) is 33.9 Å². The highest BCUT2D eigenvalue weighted by Gasteiger charge is 2.32. The summed E-state index contributed by atoms with van der Waals surface area (Å²) in [7, 11) is 1.42. The third-order valence-corrected chi connectivity index (χ3v) is 5.26. The first-order valence-corrected chi connectivity index (χ1v) is 9.17. The summed E-state index contributed by atoms with van der Waals surface area (Å²) in [6.07, 6.45) is 4.60. The quantitative estimate of drug-likeness (QED) is 0.552. The SMILES string of the molecule is CN1C(=O)S/C(=C\c2cc(OCc3cnc(Cl)nc3)c(O)cc2Br)C1=O. The molecule has 134 valence electrons. The minimum Gasteiger partial charge on any atom is -0.504 e. The Morgan fingerprint density at radius 1 is 1.35 bits per heavy atom. The molecule has 0 saturated carbocycles. The lowest BCUT2D eigenvalue weighted by Gasteiger charge is -2.10. The van der Waals surface area contributed by atoms with Gasteiger partial charge in [0, 0.05) is 29.5 Å². The number of aromatic hydroxyl groups is 1. The van der Waals surface area contributed by atoms with Crippen LogP contribution in [0.2, 0.25) is 5.28 Å². The zero-order valence-electron chi connectivity index (χ0n) is 13.3. The largest absolute Gasteiger partial charge is 0.504 e. The number of hydrogen-bond acceptors (Lipinski definition) is 7. The molecular weight excluding hydrogens is 446 g/mol. The second kappa shape index (κ2) is 7.65. The molecule has 2 amide bonds. The summed E-state index contributed by atoms with van der Waals surface area (Å²) < 4.78 is 6.16. The number of phenolic OH excluding ortho intramolecular Hbond substituents is 1. The minimum atomic E-state index is -0.374. The summed E-state index contributed by atoms with van der Waals surface area (Å²) in [5, 5.41) is 9.87. The topological polar surface area (TPSA) is 92.6 Å². The third kappa shape index (κ3) is 4.00. The second-order valence-corrected chi connectivity index (χ2v) is 7.42. The van der Waals surface area contributed by atoms with Crippen LogP contribution in [0, 0.1) is 0 Å². The van der Waals surface area contributed by atoms with Crippen molar-refractivity contribution in [2.45, 2.75) is 6.61 Å². The zero-order valence-corrected chi connectivity index (χ0v) is 16.4. The number of thioether (sulfide) groups is 1. The van der Waals surface area contributed by atoms with Gasteiger partial charge in [-0.05, 0) is 47.1 Å². The minimum absolute atomic E-state index is 0.0764. The Balaban J connectivity index is 1.84. The molecule has 0 spiro atoms. The van der Waals surface area contributed by atoms with Crippen molar-refractivity contribution in [3.8, 4) is 11.5 Å². The molecule has 7 nitrogen and oxygen atoms in total. The van der Waals surface area contributed by atoms with Crippen LogP contribution < -0.4 is 4.74 Å². The molecule has 10 heteroatoms. The van der Waals surface area contributed by atoms with Gasteiger partial charge < -0.3 is 9.84 Å². The van der Waals surface area contributed by atoms with Gasteiger partial charge in [-0.1, -0.05) is 15.9 Å². The average molecular weight is 457 g/mol. The van der Waals surface area contributed by atoms with Gasteiger partial charge in [0.05, 0.1) is 4.91 Å². The Labute approximate surface area is 166 Å². The Morgan fingerprint density at radius 3 is 2.65 bits per heavy atom. The van der Waals surface area contributed by atoms with E-state index >= 15 is 0 Å². The number of carbonyl (C=O) groups excluding carboxylic acids is 2. The summed E-state index contributed by atoms with van der Waals surface area (Å²) >= 11 is 9.82. The van der Waals surface area contributed by atoms with Crippen molar-refractivity contribution in [3.63, 3.8) is 0 Å². The van der Waals surface area contributed by atoms with Crippen molar-refractivity contribution in [1.29, 1.82) is 0 Å². The molecule has 0 radical (unpaired) electrons. The van der Waals surface area contributed by atoms with Crippen molar-refractivity contribution < 1.29 is 19.4 Å². The summed E-state index contributed by atoms with van der Waals surface area (Å²) in [5.74, 6) is -0.238. The number of carbonyl (C=O) groups is 2. The fourth-order valence-electron chi connectivity index (χ4n) is 2.05. The predicted octanol–water partition coefficient (Wildman–Crippen LogP) is 3.84. The fourth-order valence-corrected chi connectivity index (χ4v) is 3.41. The fraction of sp³-hybridized carbons (Fsp3) is 0.125. The van der Waals surface area contributed by atoms with E-state index in [1.54, 1.807) is 12.1 Å². The molecule has 0 aliphatic carbocycles. The van der Waals surface area contributed by atoms with E-state index in [1.807, 2.05) is 0 Å². The van der Waals surface area contributed by atoms with Gasteiger partial charge in [0.2, 0.25) is 5.28 Å². The average Bonchev–Trinajstić information content (AvgIpc) is 2.84. The number of imide groups is 1. The standard InChI is InChI=1S/C16H11BrClN3O4S/c1-21-14(23)13(26-16(21)24)3-9-2-12(11(22)4-10(9)17)25-7-8-5-19-15(18)20-6-8/h2-6,22H,7H2,1H3/b13-3-. The van der Waals surface area contributed by atoms with Crippen LogP contribution in [0.25, 0.3) is 6.08 Å². The number of aromatic nitrogens is 2. The maximum atomic E-state index is 12.0. The van der Waals surface area contributed by atoms with Gasteiger partial charge in [-0.25, -0.2) is 9.97 Å². The van der Waals surface area contributed by atoms with Crippen LogP contribution in [0.1, 0.15) is 11.1 Å². The molecular formula is C16H11BrClN3O4S. The first kappa shape index (κ1) is 18.7. The normalized spacial score (nSPS) is 15.8. The maximum absolute atomic E-state index is 12.0. The van der Waals surface area contributed by atoms with Crippen molar-refractivity contribution >= 4 is 56.5 Å². The smallest absolute Gasteiger partial charge is 0.293 e. The van der Waals surface area contributed by atoms with E-state index in [9.17, 15) is 14.7 Å². The summed E-state index contributed by atoms with van der Waals surface area (Å²) in [6.45, 7) is 0.122. The number of nitrogens with zero attached hydrogens (tertiary/aromatic N) is 3. The summed E-state index contributed by atoms with van der Waals surface area (Å²) in [6, 6.07) is 3.02. The number of ether oxygens (including phenoxy) is 1. The van der Waals surface area contributed by atoms with Crippen LogP contribution in [0.5, 0.6) is 11.5 Å². The van der Waals surface area contributed by atoms with Gasteiger partial charge in [0.1, 0.15) is 6.61 Å². The maximum Gasteiger partial charge on any atom is 0.293 e. The monoisotopic (exact) mass is 455 g/mol. The van der Waals surface area contributed by atoms with E-state index in [0.717, 1.165) is 16.7 Å². The molecule has 1 saturated heterocycles. The van der Waals surface area contributed by atoms with Crippen LogP contribution in [0.4, 0.5) is 4.79 Å². The highest BCUT2D eigenvalue weighted by Crippen LogP contribution is 2.37. The zero-order chi connectivity index (χ0) is 18.8. The number of likely N-dealkylation sites (N-methyl/N-ethyl adjacent to an activating group) is 1. The van der Waals surface area contributed by atoms with E-state index in [-0.39, 0.29) is 34.5 Å². The van der Waals surface area contributed by atoms with Gasteiger partial charge in [-0.2, -0.15) is 0 Å². The predicted molar refractivity (Wildman–Crippen MR) is 101 cm³/mol. The molecule has 3 rings (SSSR count). The molecule has 26 heavy (non-hydrogen) atoms. The van der Waals surface area contributed by atoms with Gasteiger partial charge in [0.15, 0.2) is 11.5 Å². The number of rotatable bonds is 4. The third-order valence-electron chi connectivity index (χ3n) is 3.42. The number of halogens is 2. The molecule has 1 aromatic carbocycles. The van der Waals surface area contributed by atoms with Crippen LogP contribution >= 0.6 is 39.3 Å². The second-order valence-electron chi connectivity index (χ2n) is 5.23. The van der Waals surface area contributed by atoms with E-state index in [2.05, 4.69) is 25.9 Å².